The summed E-state index contributed by atoms with van der Waals surface area (Å²) < 4.78 is 5.95. The predicted octanol–water partition coefficient (Wildman–Crippen LogP) is 5.87. The first kappa shape index (κ1) is 24.0. The Morgan fingerprint density at radius 2 is 1.56 bits per heavy atom. The molecule has 184 valence electrons. The molecule has 5 heteroatoms. The summed E-state index contributed by atoms with van der Waals surface area (Å²) in [6.07, 6.45) is 3.47. The van der Waals surface area contributed by atoms with Gasteiger partial charge in [-0.1, -0.05) is 63.2 Å². The maximum Gasteiger partial charge on any atom is 0.130 e. The molecule has 36 heavy (non-hydrogen) atoms. The van der Waals surface area contributed by atoms with Gasteiger partial charge in [-0.2, -0.15) is 0 Å². The Morgan fingerprint density at radius 3 is 2.11 bits per heavy atom. The maximum absolute atomic E-state index is 9.53. The van der Waals surface area contributed by atoms with Crippen LogP contribution in [-0.4, -0.2) is 34.3 Å². The van der Waals surface area contributed by atoms with Crippen LogP contribution in [0.2, 0.25) is 0 Å². The molecule has 1 N–H and O–H groups in total. The number of nitrogens with zero attached hydrogens (tertiary/aromatic N) is 3. The van der Waals surface area contributed by atoms with Crippen LogP contribution >= 0.6 is 0 Å². The lowest BCUT2D eigenvalue weighted by atomic mass is 9.68. The molecule has 5 rings (SSSR count). The third kappa shape index (κ3) is 4.84. The molecule has 1 aliphatic rings. The molecular weight excluding hydrogens is 446 g/mol. The zero-order valence-electron chi connectivity index (χ0n) is 21.1. The van der Waals surface area contributed by atoms with Crippen LogP contribution < -0.4 is 9.64 Å². The lowest BCUT2D eigenvalue weighted by molar-refractivity contribution is 0.141. The van der Waals surface area contributed by atoms with Crippen molar-refractivity contribution in [2.45, 2.75) is 38.9 Å². The lowest BCUT2D eigenvalue weighted by Crippen LogP contribution is -2.51. The summed E-state index contributed by atoms with van der Waals surface area (Å²) in [5.41, 5.74) is 5.55. The molecule has 2 aromatic heterocycles. The van der Waals surface area contributed by atoms with Gasteiger partial charge >= 0.3 is 0 Å². The van der Waals surface area contributed by atoms with Crippen LogP contribution in [0.5, 0.6) is 5.75 Å². The van der Waals surface area contributed by atoms with Gasteiger partial charge in [0.1, 0.15) is 18.2 Å². The molecule has 0 spiro atoms. The number of β-amino-alcohol motifs (C(OH)–C–C–N with tert-alkyl or cyclic N) is 1. The Bertz CT molecular complexity index is 1270. The van der Waals surface area contributed by atoms with Gasteiger partial charge in [-0.05, 0) is 59.0 Å². The minimum absolute atomic E-state index is 0.140. The molecule has 3 heterocycles. The van der Waals surface area contributed by atoms with E-state index in [4.69, 9.17) is 4.74 Å². The van der Waals surface area contributed by atoms with Gasteiger partial charge in [-0.3, -0.25) is 4.98 Å². The number of aliphatic hydroxyl groups excluding tert-OH is 1. The number of anilines is 1. The van der Waals surface area contributed by atoms with Crippen molar-refractivity contribution >= 4 is 5.82 Å². The fourth-order valence-corrected chi connectivity index (χ4v) is 4.77. The van der Waals surface area contributed by atoms with Gasteiger partial charge in [0.15, 0.2) is 0 Å². The van der Waals surface area contributed by atoms with Gasteiger partial charge in [0.05, 0.1) is 11.8 Å². The first-order valence-electron chi connectivity index (χ1n) is 12.6. The topological polar surface area (TPSA) is 58.5 Å². The number of pyridine rings is 2. The molecule has 1 saturated heterocycles. The third-order valence-electron chi connectivity index (χ3n) is 7.47. The quantitative estimate of drug-likeness (QED) is 0.343. The molecule has 1 unspecified atom stereocenters. The molecule has 0 saturated carbocycles. The fraction of sp³-hybridized carbons (Fsp3) is 0.290. The van der Waals surface area contributed by atoms with Crippen molar-refractivity contribution in [3.63, 3.8) is 0 Å². The Balaban J connectivity index is 1.32. The highest BCUT2D eigenvalue weighted by atomic mass is 16.5. The SMILES string of the molecule is CC(C)C(C)(c1ccc(OCc2ccccn2)cc1)c1ccc(-c2ccc(N3CC(O)C3)nc2)cc1. The minimum atomic E-state index is -0.232. The highest BCUT2D eigenvalue weighted by Gasteiger charge is 2.32. The zero-order chi connectivity index (χ0) is 25.1. The fourth-order valence-electron chi connectivity index (χ4n) is 4.77. The number of aromatic nitrogens is 2. The first-order valence-corrected chi connectivity index (χ1v) is 12.6. The largest absolute Gasteiger partial charge is 0.487 e. The summed E-state index contributed by atoms with van der Waals surface area (Å²) in [6, 6.07) is 27.3. The van der Waals surface area contributed by atoms with E-state index in [-0.39, 0.29) is 11.5 Å². The van der Waals surface area contributed by atoms with Crippen molar-refractivity contribution in [2.24, 2.45) is 5.92 Å². The number of rotatable bonds is 8. The Labute approximate surface area is 213 Å². The summed E-state index contributed by atoms with van der Waals surface area (Å²) in [5.74, 6) is 2.16. The number of hydrogen-bond donors (Lipinski definition) is 1. The molecule has 2 aromatic carbocycles. The minimum Gasteiger partial charge on any atom is -0.487 e. The highest BCUT2D eigenvalue weighted by molar-refractivity contribution is 5.65. The van der Waals surface area contributed by atoms with Gasteiger partial charge in [0, 0.05) is 36.5 Å². The summed E-state index contributed by atoms with van der Waals surface area (Å²) >= 11 is 0. The van der Waals surface area contributed by atoms with Crippen molar-refractivity contribution in [3.8, 4) is 16.9 Å². The molecule has 0 amide bonds. The van der Waals surface area contributed by atoms with Crippen LogP contribution in [0.25, 0.3) is 11.1 Å². The van der Waals surface area contributed by atoms with Crippen LogP contribution in [0.4, 0.5) is 5.82 Å². The van der Waals surface area contributed by atoms with E-state index < -0.39 is 0 Å². The predicted molar refractivity (Wildman–Crippen MR) is 144 cm³/mol. The number of aliphatic hydroxyl groups is 1. The number of ether oxygens (including phenoxy) is 1. The zero-order valence-corrected chi connectivity index (χ0v) is 21.1. The molecule has 0 aliphatic carbocycles. The summed E-state index contributed by atoms with van der Waals surface area (Å²) in [4.78, 5) is 11.0. The molecule has 4 aromatic rings. The standard InChI is InChI=1S/C31H33N3O2/c1-22(2)31(3,26-12-14-29(15-13-26)36-21-27-6-4-5-17-32-27)25-10-7-23(8-11-25)24-9-16-30(33-18-24)34-19-28(35)20-34/h4-18,22,28,35H,19-21H2,1-3H3. The highest BCUT2D eigenvalue weighted by Crippen LogP contribution is 2.40. The van der Waals surface area contributed by atoms with Crippen molar-refractivity contribution < 1.29 is 9.84 Å². The summed E-state index contributed by atoms with van der Waals surface area (Å²) in [5, 5.41) is 9.53. The molecule has 1 aliphatic heterocycles. The van der Waals surface area contributed by atoms with E-state index in [0.29, 0.717) is 25.6 Å². The van der Waals surface area contributed by atoms with Gasteiger partial charge in [0.25, 0.3) is 0 Å². The van der Waals surface area contributed by atoms with Gasteiger partial charge in [-0.25, -0.2) is 4.98 Å². The Hall–Kier alpha value is -3.70. The van der Waals surface area contributed by atoms with Crippen LogP contribution in [0.15, 0.2) is 91.3 Å². The monoisotopic (exact) mass is 479 g/mol. The van der Waals surface area contributed by atoms with Crippen LogP contribution in [0.1, 0.15) is 37.6 Å². The van der Waals surface area contributed by atoms with Gasteiger partial charge < -0.3 is 14.7 Å². The first-order chi connectivity index (χ1) is 17.4. The van der Waals surface area contributed by atoms with Crippen molar-refractivity contribution in [3.05, 3.63) is 108 Å². The summed E-state index contributed by atoms with van der Waals surface area (Å²) in [6.45, 7) is 8.63. The molecule has 5 nitrogen and oxygen atoms in total. The van der Waals surface area contributed by atoms with E-state index in [9.17, 15) is 5.11 Å². The van der Waals surface area contributed by atoms with E-state index in [1.54, 1.807) is 6.20 Å². The third-order valence-corrected chi connectivity index (χ3v) is 7.47. The molecule has 0 radical (unpaired) electrons. The van der Waals surface area contributed by atoms with Gasteiger partial charge in [0.2, 0.25) is 0 Å². The molecule has 0 bridgehead atoms. The van der Waals surface area contributed by atoms with E-state index in [1.807, 2.05) is 30.5 Å². The van der Waals surface area contributed by atoms with Crippen molar-refractivity contribution in [2.75, 3.05) is 18.0 Å². The van der Waals surface area contributed by atoms with Crippen molar-refractivity contribution in [1.29, 1.82) is 0 Å². The second-order valence-corrected chi connectivity index (χ2v) is 10.0. The summed E-state index contributed by atoms with van der Waals surface area (Å²) in [7, 11) is 0. The number of hydrogen-bond acceptors (Lipinski definition) is 5. The van der Waals surface area contributed by atoms with Crippen LogP contribution in [0.3, 0.4) is 0 Å². The van der Waals surface area contributed by atoms with E-state index in [1.165, 1.54) is 11.1 Å². The molecular formula is C31H33N3O2. The number of benzene rings is 2. The van der Waals surface area contributed by atoms with E-state index in [2.05, 4.69) is 90.2 Å². The second kappa shape index (κ2) is 10.1. The molecule has 1 atom stereocenters. The van der Waals surface area contributed by atoms with E-state index in [0.717, 1.165) is 28.4 Å². The van der Waals surface area contributed by atoms with Crippen LogP contribution in [-0.2, 0) is 12.0 Å². The van der Waals surface area contributed by atoms with Crippen molar-refractivity contribution in [1.82, 2.24) is 9.97 Å². The average molecular weight is 480 g/mol. The maximum atomic E-state index is 9.53. The van der Waals surface area contributed by atoms with Gasteiger partial charge in [-0.15, -0.1) is 0 Å². The second-order valence-electron chi connectivity index (χ2n) is 10.0. The lowest BCUT2D eigenvalue weighted by Gasteiger charge is -2.36. The van der Waals surface area contributed by atoms with E-state index >= 15 is 0 Å². The molecule has 1 fully saturated rings. The normalized spacial score (nSPS) is 15.4. The Morgan fingerprint density at radius 1 is 0.889 bits per heavy atom. The smallest absolute Gasteiger partial charge is 0.130 e. The van der Waals surface area contributed by atoms with Crippen LogP contribution in [0, 0.1) is 5.92 Å². The average Bonchev–Trinajstić information content (AvgIpc) is 2.91. The Kier molecular flexibility index (Phi) is 6.75.